The smallest absolute Gasteiger partial charge is 0.337 e. The first-order valence-electron chi connectivity index (χ1n) is 4.41. The van der Waals surface area contributed by atoms with Gasteiger partial charge in [-0.1, -0.05) is 18.7 Å². The summed E-state index contributed by atoms with van der Waals surface area (Å²) in [5.41, 5.74) is 2.21. The Morgan fingerprint density at radius 3 is 3.00 bits per heavy atom. The number of carbonyl (C=O) groups excluding carboxylic acids is 1. The number of rotatable bonds is 2. The maximum absolute atomic E-state index is 11.2. The molecule has 0 bridgehead atoms. The lowest BCUT2D eigenvalue weighted by atomic mass is 9.97. The third kappa shape index (κ3) is 2.12. The standard InChI is InChI=1S/C11H14O3/c1-4-9-7-14-6-5-10(9)8(2)11(12)13-3/h4-5H,2,6-7H2,1,3H3. The maximum atomic E-state index is 11.2. The number of allylic oxidation sites excluding steroid dienone is 1. The number of methoxy groups -OCH3 is 1. The molecular formula is C11H14O3. The normalized spacial score (nSPS) is 19.0. The van der Waals surface area contributed by atoms with E-state index in [-0.39, 0.29) is 0 Å². The highest BCUT2D eigenvalue weighted by molar-refractivity contribution is 5.94. The van der Waals surface area contributed by atoms with Crippen molar-refractivity contribution >= 4 is 5.97 Å². The molecular weight excluding hydrogens is 180 g/mol. The van der Waals surface area contributed by atoms with E-state index in [1.807, 2.05) is 19.1 Å². The first-order valence-corrected chi connectivity index (χ1v) is 4.41. The number of esters is 1. The summed E-state index contributed by atoms with van der Waals surface area (Å²) in [5.74, 6) is -0.391. The van der Waals surface area contributed by atoms with Crippen LogP contribution in [0.4, 0.5) is 0 Å². The first kappa shape index (κ1) is 10.7. The molecule has 0 aromatic carbocycles. The molecule has 1 aliphatic heterocycles. The van der Waals surface area contributed by atoms with Crippen molar-refractivity contribution in [3.63, 3.8) is 0 Å². The average molecular weight is 194 g/mol. The molecule has 0 saturated heterocycles. The molecule has 0 radical (unpaired) electrons. The molecule has 76 valence electrons. The average Bonchev–Trinajstić information content (AvgIpc) is 2.26. The summed E-state index contributed by atoms with van der Waals surface area (Å²) < 4.78 is 9.84. The minimum Gasteiger partial charge on any atom is -0.465 e. The lowest BCUT2D eigenvalue weighted by Crippen LogP contribution is -2.14. The van der Waals surface area contributed by atoms with Crippen LogP contribution in [0.3, 0.4) is 0 Å². The highest BCUT2D eigenvalue weighted by Gasteiger charge is 2.18. The predicted molar refractivity (Wildman–Crippen MR) is 53.8 cm³/mol. The van der Waals surface area contributed by atoms with Gasteiger partial charge >= 0.3 is 5.97 Å². The van der Waals surface area contributed by atoms with Gasteiger partial charge in [0.25, 0.3) is 0 Å². The zero-order valence-corrected chi connectivity index (χ0v) is 8.50. The molecule has 0 saturated carbocycles. The van der Waals surface area contributed by atoms with Gasteiger partial charge < -0.3 is 9.47 Å². The van der Waals surface area contributed by atoms with Crippen molar-refractivity contribution in [2.75, 3.05) is 20.3 Å². The molecule has 0 amide bonds. The van der Waals surface area contributed by atoms with E-state index in [9.17, 15) is 4.79 Å². The molecule has 0 N–H and O–H groups in total. The van der Waals surface area contributed by atoms with Gasteiger partial charge in [-0.2, -0.15) is 0 Å². The fourth-order valence-electron chi connectivity index (χ4n) is 1.31. The summed E-state index contributed by atoms with van der Waals surface area (Å²) in [6.45, 7) is 6.66. The molecule has 14 heavy (non-hydrogen) atoms. The van der Waals surface area contributed by atoms with Gasteiger partial charge in [-0.15, -0.1) is 0 Å². The van der Waals surface area contributed by atoms with Crippen molar-refractivity contribution < 1.29 is 14.3 Å². The van der Waals surface area contributed by atoms with Crippen LogP contribution in [0, 0.1) is 0 Å². The third-order valence-electron chi connectivity index (χ3n) is 2.11. The minimum absolute atomic E-state index is 0.391. The second-order valence-corrected chi connectivity index (χ2v) is 2.92. The number of hydrogen-bond acceptors (Lipinski definition) is 3. The van der Waals surface area contributed by atoms with Gasteiger partial charge in [0.2, 0.25) is 0 Å². The van der Waals surface area contributed by atoms with Crippen molar-refractivity contribution in [2.24, 2.45) is 0 Å². The molecule has 0 unspecified atom stereocenters. The van der Waals surface area contributed by atoms with Gasteiger partial charge in [-0.25, -0.2) is 4.79 Å². The van der Waals surface area contributed by atoms with Gasteiger partial charge in [0.1, 0.15) is 0 Å². The second kappa shape index (κ2) is 4.77. The minimum atomic E-state index is -0.391. The fourth-order valence-corrected chi connectivity index (χ4v) is 1.31. The molecule has 0 aliphatic carbocycles. The lowest BCUT2D eigenvalue weighted by Gasteiger charge is -2.17. The highest BCUT2D eigenvalue weighted by Crippen LogP contribution is 2.22. The van der Waals surface area contributed by atoms with Crippen LogP contribution in [0.15, 0.2) is 35.5 Å². The molecule has 1 heterocycles. The molecule has 0 fully saturated rings. The van der Waals surface area contributed by atoms with Crippen LogP contribution < -0.4 is 0 Å². The predicted octanol–water partition coefficient (Wildman–Crippen LogP) is 1.62. The van der Waals surface area contributed by atoms with E-state index in [2.05, 4.69) is 11.3 Å². The van der Waals surface area contributed by atoms with Crippen LogP contribution in [-0.4, -0.2) is 26.3 Å². The van der Waals surface area contributed by atoms with E-state index < -0.39 is 5.97 Å². The van der Waals surface area contributed by atoms with Gasteiger partial charge in [0.15, 0.2) is 0 Å². The SMILES string of the molecule is C=C(C(=O)OC)C1=CCOCC1=CC. The number of carbonyl (C=O) groups is 1. The van der Waals surface area contributed by atoms with Crippen LogP contribution in [0.1, 0.15) is 6.92 Å². The molecule has 1 aliphatic rings. The maximum Gasteiger partial charge on any atom is 0.337 e. The summed E-state index contributed by atoms with van der Waals surface area (Å²) >= 11 is 0. The topological polar surface area (TPSA) is 35.5 Å². The first-order chi connectivity index (χ1) is 6.70. The molecule has 0 spiro atoms. The van der Waals surface area contributed by atoms with E-state index in [0.717, 1.165) is 11.1 Å². The molecule has 3 nitrogen and oxygen atoms in total. The fraction of sp³-hybridized carbons (Fsp3) is 0.364. The zero-order valence-electron chi connectivity index (χ0n) is 8.50. The Balaban J connectivity index is 2.90. The van der Waals surface area contributed by atoms with Crippen molar-refractivity contribution in [2.45, 2.75) is 6.92 Å². The summed E-state index contributed by atoms with van der Waals surface area (Å²) in [7, 11) is 1.35. The van der Waals surface area contributed by atoms with E-state index >= 15 is 0 Å². The third-order valence-corrected chi connectivity index (χ3v) is 2.11. The molecule has 0 atom stereocenters. The van der Waals surface area contributed by atoms with E-state index in [4.69, 9.17) is 4.74 Å². The van der Waals surface area contributed by atoms with Gasteiger partial charge in [-0.05, 0) is 18.1 Å². The Morgan fingerprint density at radius 2 is 2.43 bits per heavy atom. The Labute approximate surface area is 83.7 Å². The van der Waals surface area contributed by atoms with Crippen molar-refractivity contribution in [1.29, 1.82) is 0 Å². The lowest BCUT2D eigenvalue weighted by molar-refractivity contribution is -0.135. The molecule has 0 aromatic rings. The van der Waals surface area contributed by atoms with Crippen molar-refractivity contribution in [3.8, 4) is 0 Å². The Hall–Kier alpha value is -1.35. The summed E-state index contributed by atoms with van der Waals surface area (Å²) in [6, 6.07) is 0. The largest absolute Gasteiger partial charge is 0.465 e. The van der Waals surface area contributed by atoms with Crippen LogP contribution in [0.2, 0.25) is 0 Å². The summed E-state index contributed by atoms with van der Waals surface area (Å²) in [6.07, 6.45) is 3.76. The molecule has 3 heteroatoms. The van der Waals surface area contributed by atoms with Crippen LogP contribution in [0.5, 0.6) is 0 Å². The van der Waals surface area contributed by atoms with Gasteiger partial charge in [0, 0.05) is 0 Å². The number of ether oxygens (including phenoxy) is 2. The van der Waals surface area contributed by atoms with Crippen LogP contribution in [-0.2, 0) is 14.3 Å². The Kier molecular flexibility index (Phi) is 3.65. The van der Waals surface area contributed by atoms with Gasteiger partial charge in [-0.3, -0.25) is 0 Å². The zero-order chi connectivity index (χ0) is 10.6. The highest BCUT2D eigenvalue weighted by atomic mass is 16.5. The van der Waals surface area contributed by atoms with E-state index in [0.29, 0.717) is 18.8 Å². The van der Waals surface area contributed by atoms with E-state index in [1.54, 1.807) is 0 Å². The van der Waals surface area contributed by atoms with Crippen molar-refractivity contribution in [3.05, 3.63) is 35.5 Å². The quantitative estimate of drug-likeness (QED) is 0.495. The van der Waals surface area contributed by atoms with Crippen LogP contribution in [0.25, 0.3) is 0 Å². The monoisotopic (exact) mass is 194 g/mol. The van der Waals surface area contributed by atoms with Crippen LogP contribution >= 0.6 is 0 Å². The number of hydrogen-bond donors (Lipinski definition) is 0. The summed E-state index contributed by atoms with van der Waals surface area (Å²) in [5, 5.41) is 0. The molecule has 0 aromatic heterocycles. The van der Waals surface area contributed by atoms with E-state index in [1.165, 1.54) is 7.11 Å². The molecule has 1 rings (SSSR count). The Morgan fingerprint density at radius 1 is 1.71 bits per heavy atom. The Bertz CT molecular complexity index is 310. The van der Waals surface area contributed by atoms with Crippen molar-refractivity contribution in [1.82, 2.24) is 0 Å². The summed E-state index contributed by atoms with van der Waals surface area (Å²) in [4.78, 5) is 11.2. The second-order valence-electron chi connectivity index (χ2n) is 2.92. The van der Waals surface area contributed by atoms with Gasteiger partial charge in [0.05, 0.1) is 25.9 Å².